The predicted molar refractivity (Wildman–Crippen MR) is 102 cm³/mol. The third-order valence-corrected chi connectivity index (χ3v) is 5.12. The van der Waals surface area contributed by atoms with Crippen LogP contribution >= 0.6 is 0 Å². The van der Waals surface area contributed by atoms with Gasteiger partial charge in [0.05, 0.1) is 11.4 Å². The molecular formula is C21H22N4O3. The van der Waals surface area contributed by atoms with Crippen LogP contribution in [0.2, 0.25) is 0 Å². The molecule has 3 aromatic rings. The maximum absolute atomic E-state index is 11.9. The van der Waals surface area contributed by atoms with Crippen LogP contribution in [-0.2, 0) is 16.0 Å². The zero-order valence-corrected chi connectivity index (χ0v) is 15.4. The van der Waals surface area contributed by atoms with E-state index in [9.17, 15) is 9.90 Å². The minimum Gasteiger partial charge on any atom is -0.479 e. The van der Waals surface area contributed by atoms with Crippen LogP contribution in [0.1, 0.15) is 42.3 Å². The number of rotatable bonds is 6. The van der Waals surface area contributed by atoms with Gasteiger partial charge < -0.3 is 9.84 Å². The lowest BCUT2D eigenvalue weighted by molar-refractivity contribution is -0.172. The largest absolute Gasteiger partial charge is 0.479 e. The van der Waals surface area contributed by atoms with Gasteiger partial charge in [-0.05, 0) is 37.0 Å². The molecule has 1 aromatic carbocycles. The molecule has 2 unspecified atom stereocenters. The second-order valence-electron chi connectivity index (χ2n) is 7.04. The summed E-state index contributed by atoms with van der Waals surface area (Å²) < 4.78 is 7.42. The number of carboxylic acids is 1. The molecule has 2 atom stereocenters. The first-order chi connectivity index (χ1) is 13.7. The standard InChI is InChI=1S/C21H22N4O3/c26-20(27)21(11-5-7-13-28-21)14-17-15-25(24-23-17)19(16-8-2-1-3-9-16)18-10-4-6-12-22-18/h1-4,6,8-10,12,15,19H,5,7,11,13-14H2,(H,26,27). The molecule has 0 bridgehead atoms. The molecule has 3 heterocycles. The van der Waals surface area contributed by atoms with Gasteiger partial charge in [-0.25, -0.2) is 9.48 Å². The van der Waals surface area contributed by atoms with Crippen LogP contribution in [0.3, 0.4) is 0 Å². The van der Waals surface area contributed by atoms with Gasteiger partial charge in [-0.1, -0.05) is 41.6 Å². The molecule has 0 amide bonds. The van der Waals surface area contributed by atoms with Crippen LogP contribution in [-0.4, -0.2) is 43.3 Å². The van der Waals surface area contributed by atoms with E-state index in [2.05, 4.69) is 15.3 Å². The van der Waals surface area contributed by atoms with E-state index in [0.29, 0.717) is 18.7 Å². The van der Waals surface area contributed by atoms with Crippen molar-refractivity contribution in [3.8, 4) is 0 Å². The van der Waals surface area contributed by atoms with Crippen LogP contribution in [0, 0.1) is 0 Å². The summed E-state index contributed by atoms with van der Waals surface area (Å²) in [5, 5.41) is 18.3. The van der Waals surface area contributed by atoms with E-state index in [1.165, 1.54) is 0 Å². The Balaban J connectivity index is 1.66. The third-order valence-electron chi connectivity index (χ3n) is 5.12. The van der Waals surface area contributed by atoms with Gasteiger partial charge >= 0.3 is 5.97 Å². The molecule has 1 fully saturated rings. The van der Waals surface area contributed by atoms with Crippen molar-refractivity contribution in [2.75, 3.05) is 6.61 Å². The molecule has 144 valence electrons. The highest BCUT2D eigenvalue weighted by Gasteiger charge is 2.42. The van der Waals surface area contributed by atoms with Crippen molar-refractivity contribution in [3.63, 3.8) is 0 Å². The molecule has 1 N–H and O–H groups in total. The summed E-state index contributed by atoms with van der Waals surface area (Å²) in [6.45, 7) is 0.459. The van der Waals surface area contributed by atoms with Gasteiger partial charge in [0.25, 0.3) is 0 Å². The average molecular weight is 378 g/mol. The highest BCUT2D eigenvalue weighted by atomic mass is 16.5. The summed E-state index contributed by atoms with van der Waals surface area (Å²) in [5.41, 5.74) is 1.25. The fourth-order valence-electron chi connectivity index (χ4n) is 3.68. The van der Waals surface area contributed by atoms with E-state index in [1.807, 2.05) is 48.5 Å². The summed E-state index contributed by atoms with van der Waals surface area (Å²) in [4.78, 5) is 16.4. The van der Waals surface area contributed by atoms with Crippen LogP contribution in [0.4, 0.5) is 0 Å². The molecule has 7 nitrogen and oxygen atoms in total. The number of aromatic nitrogens is 4. The number of nitrogens with zero attached hydrogens (tertiary/aromatic N) is 4. The number of benzene rings is 1. The Labute approximate surface area is 163 Å². The van der Waals surface area contributed by atoms with E-state index >= 15 is 0 Å². The smallest absolute Gasteiger partial charge is 0.336 e. The lowest BCUT2D eigenvalue weighted by Crippen LogP contribution is -2.46. The second kappa shape index (κ2) is 7.90. The highest BCUT2D eigenvalue weighted by Crippen LogP contribution is 2.30. The molecule has 4 rings (SSSR count). The molecule has 2 aromatic heterocycles. The molecule has 0 spiro atoms. The minimum atomic E-state index is -1.22. The number of carboxylic acid groups (broad SMARTS) is 1. The fourth-order valence-corrected chi connectivity index (χ4v) is 3.68. The molecule has 28 heavy (non-hydrogen) atoms. The normalized spacial score (nSPS) is 20.6. The Morgan fingerprint density at radius 3 is 2.68 bits per heavy atom. The first-order valence-electron chi connectivity index (χ1n) is 9.42. The second-order valence-corrected chi connectivity index (χ2v) is 7.04. The predicted octanol–water partition coefficient (Wildman–Crippen LogP) is 2.88. The Kier molecular flexibility index (Phi) is 5.16. The Bertz CT molecular complexity index is 882. The molecule has 1 aliphatic rings. The van der Waals surface area contributed by atoms with Gasteiger partial charge in [0, 0.05) is 25.4 Å². The SMILES string of the molecule is O=C(O)C1(Cc2cn(C(c3ccccc3)c3ccccn3)nn2)CCCCO1. The van der Waals surface area contributed by atoms with Crippen molar-refractivity contribution < 1.29 is 14.6 Å². The third kappa shape index (κ3) is 3.66. The van der Waals surface area contributed by atoms with Crippen molar-refractivity contribution in [1.29, 1.82) is 0 Å². The van der Waals surface area contributed by atoms with E-state index in [-0.39, 0.29) is 12.5 Å². The maximum Gasteiger partial charge on any atom is 0.336 e. The van der Waals surface area contributed by atoms with Crippen molar-refractivity contribution in [2.45, 2.75) is 37.3 Å². The van der Waals surface area contributed by atoms with Gasteiger partial charge in [-0.3, -0.25) is 4.98 Å². The first kappa shape index (κ1) is 18.3. The minimum absolute atomic E-state index is 0.200. The molecule has 0 saturated carbocycles. The average Bonchev–Trinajstić information content (AvgIpc) is 3.18. The lowest BCUT2D eigenvalue weighted by Gasteiger charge is -2.32. The van der Waals surface area contributed by atoms with Crippen molar-refractivity contribution in [3.05, 3.63) is 77.9 Å². The topological polar surface area (TPSA) is 90.1 Å². The van der Waals surface area contributed by atoms with Gasteiger partial charge in [0.15, 0.2) is 5.60 Å². The summed E-state index contributed by atoms with van der Waals surface area (Å²) >= 11 is 0. The zero-order chi connectivity index (χ0) is 19.4. The monoisotopic (exact) mass is 378 g/mol. The van der Waals surface area contributed by atoms with Crippen LogP contribution in [0.15, 0.2) is 60.9 Å². The number of aliphatic carboxylic acids is 1. The molecule has 7 heteroatoms. The van der Waals surface area contributed by atoms with Crippen molar-refractivity contribution >= 4 is 5.97 Å². The van der Waals surface area contributed by atoms with Crippen molar-refractivity contribution in [1.82, 2.24) is 20.0 Å². The summed E-state index contributed by atoms with van der Waals surface area (Å²) in [5.74, 6) is -0.939. The Hall–Kier alpha value is -3.06. The zero-order valence-electron chi connectivity index (χ0n) is 15.4. The maximum atomic E-state index is 11.9. The fraction of sp³-hybridized carbons (Fsp3) is 0.333. The summed E-state index contributed by atoms with van der Waals surface area (Å²) in [6.07, 6.45) is 5.95. The van der Waals surface area contributed by atoms with E-state index in [4.69, 9.17) is 4.74 Å². The number of hydrogen-bond donors (Lipinski definition) is 1. The van der Waals surface area contributed by atoms with E-state index in [0.717, 1.165) is 24.1 Å². The number of hydrogen-bond acceptors (Lipinski definition) is 5. The quantitative estimate of drug-likeness (QED) is 0.709. The van der Waals surface area contributed by atoms with Crippen LogP contribution in [0.5, 0.6) is 0 Å². The number of carbonyl (C=O) groups is 1. The van der Waals surface area contributed by atoms with Crippen molar-refractivity contribution in [2.24, 2.45) is 0 Å². The van der Waals surface area contributed by atoms with E-state index in [1.54, 1.807) is 17.1 Å². The van der Waals surface area contributed by atoms with Crippen LogP contribution < -0.4 is 0 Å². The van der Waals surface area contributed by atoms with E-state index < -0.39 is 11.6 Å². The van der Waals surface area contributed by atoms with Gasteiger partial charge in [0.1, 0.15) is 6.04 Å². The van der Waals surface area contributed by atoms with Gasteiger partial charge in [-0.15, -0.1) is 5.10 Å². The Morgan fingerprint density at radius 1 is 1.18 bits per heavy atom. The van der Waals surface area contributed by atoms with Crippen LogP contribution in [0.25, 0.3) is 0 Å². The van der Waals surface area contributed by atoms with Gasteiger partial charge in [0.2, 0.25) is 0 Å². The Morgan fingerprint density at radius 2 is 2.00 bits per heavy atom. The summed E-state index contributed by atoms with van der Waals surface area (Å²) in [7, 11) is 0. The number of pyridine rings is 1. The van der Waals surface area contributed by atoms with Gasteiger partial charge in [-0.2, -0.15) is 0 Å². The molecule has 1 aliphatic heterocycles. The summed E-state index contributed by atoms with van der Waals surface area (Å²) in [6, 6.07) is 15.5. The molecular weight excluding hydrogens is 356 g/mol. The highest BCUT2D eigenvalue weighted by molar-refractivity contribution is 5.78. The molecule has 0 aliphatic carbocycles. The molecule has 0 radical (unpaired) electrons. The lowest BCUT2D eigenvalue weighted by atomic mass is 9.89. The number of ether oxygens (including phenoxy) is 1. The first-order valence-corrected chi connectivity index (χ1v) is 9.42. The molecule has 1 saturated heterocycles.